The first-order chi connectivity index (χ1) is 10.1. The molecule has 1 aliphatic heterocycles. The molecule has 1 unspecified atom stereocenters. The number of carbonyl (C=O) groups excluding carboxylic acids is 1. The molecule has 1 N–H and O–H groups in total. The molecular weight excluding hydrogens is 405 g/mol. The van der Waals surface area contributed by atoms with Gasteiger partial charge in [0.15, 0.2) is 0 Å². The smallest absolute Gasteiger partial charge is 0.346 e. The van der Waals surface area contributed by atoms with Gasteiger partial charge in [-0.25, -0.2) is 4.79 Å². The molecule has 21 heavy (non-hydrogen) atoms. The predicted octanol–water partition coefficient (Wildman–Crippen LogP) is 2.85. The summed E-state index contributed by atoms with van der Waals surface area (Å²) in [5, 5.41) is 11.0. The van der Waals surface area contributed by atoms with Crippen molar-refractivity contribution in [2.45, 2.75) is 6.10 Å². The Hall–Kier alpha value is -1.61. The fraction of sp³-hybridized carbons (Fsp3) is 0.143. The lowest BCUT2D eigenvalue weighted by atomic mass is 10.1. The van der Waals surface area contributed by atoms with E-state index in [1.54, 1.807) is 35.7 Å². The average Bonchev–Trinajstić information content (AvgIpc) is 2.92. The van der Waals surface area contributed by atoms with E-state index in [0.29, 0.717) is 17.0 Å². The zero-order chi connectivity index (χ0) is 15.0. The average molecular weight is 415 g/mol. The molecular formula is C14H10INO4S. The molecule has 1 aromatic heterocycles. The summed E-state index contributed by atoms with van der Waals surface area (Å²) < 4.78 is 6.43. The van der Waals surface area contributed by atoms with E-state index in [2.05, 4.69) is 22.6 Å². The highest BCUT2D eigenvalue weighted by molar-refractivity contribution is 14.1. The van der Waals surface area contributed by atoms with Gasteiger partial charge in [0.1, 0.15) is 5.75 Å². The van der Waals surface area contributed by atoms with Crippen molar-refractivity contribution in [3.8, 4) is 5.75 Å². The van der Waals surface area contributed by atoms with Gasteiger partial charge in [0.05, 0.1) is 20.7 Å². The van der Waals surface area contributed by atoms with E-state index in [4.69, 9.17) is 4.74 Å². The summed E-state index contributed by atoms with van der Waals surface area (Å²) in [5.74, 6) is -0.882. The second-order valence-electron chi connectivity index (χ2n) is 4.47. The Morgan fingerprint density at radius 2 is 2.14 bits per heavy atom. The Bertz CT molecular complexity index is 715. The fourth-order valence-corrected chi connectivity index (χ4v) is 3.45. The third-order valence-electron chi connectivity index (χ3n) is 3.11. The summed E-state index contributed by atoms with van der Waals surface area (Å²) in [4.78, 5) is 25.3. The van der Waals surface area contributed by atoms with Gasteiger partial charge in [0.2, 0.25) is 6.10 Å². The van der Waals surface area contributed by atoms with E-state index in [1.807, 2.05) is 0 Å². The number of carboxylic acid groups (broad SMARTS) is 1. The standard InChI is InChI=1S/C14H10INO4S/c15-12-5-8(7-21-12)13(17)16-6-11(14(18)19)20-10-4-2-1-3-9(10)16/h1-5,7,11H,6H2,(H,18,19). The molecule has 108 valence electrons. The van der Waals surface area contributed by atoms with Gasteiger partial charge in [-0.2, -0.15) is 0 Å². The van der Waals surface area contributed by atoms with Crippen LogP contribution in [-0.2, 0) is 4.79 Å². The summed E-state index contributed by atoms with van der Waals surface area (Å²) in [5.41, 5.74) is 1.16. The Morgan fingerprint density at radius 1 is 1.38 bits per heavy atom. The van der Waals surface area contributed by atoms with Gasteiger partial charge >= 0.3 is 5.97 Å². The molecule has 5 nitrogen and oxygen atoms in total. The summed E-state index contributed by atoms with van der Waals surface area (Å²) in [7, 11) is 0. The van der Waals surface area contributed by atoms with Crippen LogP contribution < -0.4 is 9.64 Å². The Balaban J connectivity index is 2.00. The minimum absolute atomic E-state index is 0.00238. The molecule has 2 aromatic rings. The lowest BCUT2D eigenvalue weighted by molar-refractivity contribution is -0.144. The van der Waals surface area contributed by atoms with Crippen LogP contribution in [0.5, 0.6) is 5.75 Å². The van der Waals surface area contributed by atoms with Crippen LogP contribution in [0.4, 0.5) is 5.69 Å². The van der Waals surface area contributed by atoms with Gasteiger partial charge in [-0.05, 0) is 40.8 Å². The highest BCUT2D eigenvalue weighted by Gasteiger charge is 2.34. The van der Waals surface area contributed by atoms with Crippen LogP contribution >= 0.6 is 33.9 Å². The van der Waals surface area contributed by atoms with E-state index in [1.165, 1.54) is 16.2 Å². The molecule has 1 amide bonds. The first-order valence-electron chi connectivity index (χ1n) is 6.10. The van der Waals surface area contributed by atoms with E-state index in [-0.39, 0.29) is 12.5 Å². The largest absolute Gasteiger partial charge is 0.478 e. The molecule has 0 bridgehead atoms. The number of nitrogens with zero attached hydrogens (tertiary/aromatic N) is 1. The molecule has 0 aliphatic carbocycles. The number of para-hydroxylation sites is 2. The van der Waals surface area contributed by atoms with Crippen LogP contribution in [0.1, 0.15) is 10.4 Å². The number of fused-ring (bicyclic) bond motifs is 1. The number of carboxylic acids is 1. The van der Waals surface area contributed by atoms with Crippen LogP contribution in [0, 0.1) is 2.88 Å². The first-order valence-corrected chi connectivity index (χ1v) is 8.06. The normalized spacial score (nSPS) is 17.0. The summed E-state index contributed by atoms with van der Waals surface area (Å²) >= 11 is 3.63. The maximum atomic E-state index is 12.6. The Kier molecular flexibility index (Phi) is 3.85. The third kappa shape index (κ3) is 2.75. The van der Waals surface area contributed by atoms with E-state index in [0.717, 1.165) is 2.88 Å². The lowest BCUT2D eigenvalue weighted by Crippen LogP contribution is -2.47. The SMILES string of the molecule is O=C(O)C1CN(C(=O)c2csc(I)c2)c2ccccc2O1. The van der Waals surface area contributed by atoms with Crippen molar-refractivity contribution in [3.63, 3.8) is 0 Å². The van der Waals surface area contributed by atoms with Gasteiger partial charge in [-0.15, -0.1) is 11.3 Å². The fourth-order valence-electron chi connectivity index (χ4n) is 2.13. The Labute approximate surface area is 138 Å². The molecule has 0 saturated heterocycles. The lowest BCUT2D eigenvalue weighted by Gasteiger charge is -2.32. The maximum absolute atomic E-state index is 12.6. The summed E-state index contributed by atoms with van der Waals surface area (Å²) in [6.07, 6.45) is -1.05. The number of amides is 1. The number of carbonyl (C=O) groups is 2. The molecule has 1 atom stereocenters. The molecule has 0 fully saturated rings. The van der Waals surface area contributed by atoms with Gasteiger partial charge in [-0.3, -0.25) is 4.79 Å². The molecule has 0 saturated carbocycles. The number of aliphatic carboxylic acids is 1. The molecule has 2 heterocycles. The van der Waals surface area contributed by atoms with Crippen molar-refractivity contribution >= 4 is 51.5 Å². The minimum atomic E-state index is -1.08. The van der Waals surface area contributed by atoms with Crippen LogP contribution in [0.2, 0.25) is 0 Å². The summed E-state index contributed by atoms with van der Waals surface area (Å²) in [6, 6.07) is 8.76. The Morgan fingerprint density at radius 3 is 2.81 bits per heavy atom. The highest BCUT2D eigenvalue weighted by atomic mass is 127. The van der Waals surface area contributed by atoms with Crippen LogP contribution in [-0.4, -0.2) is 29.6 Å². The topological polar surface area (TPSA) is 66.8 Å². The molecule has 0 radical (unpaired) electrons. The number of hydrogen-bond acceptors (Lipinski definition) is 4. The highest BCUT2D eigenvalue weighted by Crippen LogP contribution is 2.34. The van der Waals surface area contributed by atoms with Gasteiger partial charge < -0.3 is 14.7 Å². The van der Waals surface area contributed by atoms with E-state index >= 15 is 0 Å². The van der Waals surface area contributed by atoms with Crippen LogP contribution in [0.15, 0.2) is 35.7 Å². The number of ether oxygens (including phenoxy) is 1. The molecule has 1 aliphatic rings. The number of benzene rings is 1. The number of anilines is 1. The third-order valence-corrected chi connectivity index (χ3v) is 4.90. The van der Waals surface area contributed by atoms with Crippen LogP contribution in [0.3, 0.4) is 0 Å². The number of hydrogen-bond donors (Lipinski definition) is 1. The monoisotopic (exact) mass is 415 g/mol. The maximum Gasteiger partial charge on any atom is 0.346 e. The summed E-state index contributed by atoms with van der Waals surface area (Å²) in [6.45, 7) is -0.00238. The zero-order valence-electron chi connectivity index (χ0n) is 10.7. The zero-order valence-corrected chi connectivity index (χ0v) is 13.6. The van der Waals surface area contributed by atoms with Crippen molar-refractivity contribution < 1.29 is 19.4 Å². The second-order valence-corrected chi connectivity index (χ2v) is 7.27. The number of thiophene rings is 1. The van der Waals surface area contributed by atoms with Crippen molar-refractivity contribution in [3.05, 3.63) is 44.2 Å². The molecule has 3 rings (SSSR count). The van der Waals surface area contributed by atoms with Crippen molar-refractivity contribution in [1.82, 2.24) is 0 Å². The van der Waals surface area contributed by atoms with Crippen molar-refractivity contribution in [2.75, 3.05) is 11.4 Å². The number of halogens is 1. The quantitative estimate of drug-likeness (QED) is 0.767. The van der Waals surface area contributed by atoms with E-state index < -0.39 is 12.1 Å². The van der Waals surface area contributed by atoms with Gasteiger partial charge in [-0.1, -0.05) is 12.1 Å². The molecule has 0 spiro atoms. The van der Waals surface area contributed by atoms with Crippen LogP contribution in [0.25, 0.3) is 0 Å². The van der Waals surface area contributed by atoms with Gasteiger partial charge in [0, 0.05) is 5.38 Å². The van der Waals surface area contributed by atoms with Gasteiger partial charge in [0.25, 0.3) is 5.91 Å². The second kappa shape index (κ2) is 5.64. The predicted molar refractivity (Wildman–Crippen MR) is 87.2 cm³/mol. The van der Waals surface area contributed by atoms with Crippen molar-refractivity contribution in [2.24, 2.45) is 0 Å². The molecule has 1 aromatic carbocycles. The molecule has 7 heteroatoms. The number of rotatable bonds is 2. The first kappa shape index (κ1) is 14.3. The minimum Gasteiger partial charge on any atom is -0.478 e. The van der Waals surface area contributed by atoms with Crippen molar-refractivity contribution in [1.29, 1.82) is 0 Å². The van der Waals surface area contributed by atoms with E-state index in [9.17, 15) is 14.7 Å².